The van der Waals surface area contributed by atoms with Crippen LogP contribution in [0, 0.1) is 3.57 Å². The molecule has 0 aromatic heterocycles. The summed E-state index contributed by atoms with van der Waals surface area (Å²) in [5, 5.41) is 2.84. The standard InChI is InChI=1S/C13H10BrIN2O/c14-11-7-10(16)4-5-12(11)17-13(18)8-2-1-3-9(15)6-8/h1-7H,16H2,(H,17,18). The number of rotatable bonds is 2. The lowest BCUT2D eigenvalue weighted by molar-refractivity contribution is 0.102. The van der Waals surface area contributed by atoms with Crippen LogP contribution in [0.3, 0.4) is 0 Å². The third-order valence-electron chi connectivity index (χ3n) is 2.33. The topological polar surface area (TPSA) is 55.1 Å². The van der Waals surface area contributed by atoms with Gasteiger partial charge in [-0.25, -0.2) is 0 Å². The van der Waals surface area contributed by atoms with Crippen molar-refractivity contribution < 1.29 is 4.79 Å². The van der Waals surface area contributed by atoms with Crippen molar-refractivity contribution in [1.82, 2.24) is 0 Å². The number of hydrogen-bond acceptors (Lipinski definition) is 2. The summed E-state index contributed by atoms with van der Waals surface area (Å²) >= 11 is 5.54. The van der Waals surface area contributed by atoms with Gasteiger partial charge < -0.3 is 11.1 Å². The summed E-state index contributed by atoms with van der Waals surface area (Å²) in [7, 11) is 0. The van der Waals surface area contributed by atoms with Crippen LogP contribution in [0.4, 0.5) is 11.4 Å². The number of nitrogens with two attached hydrogens (primary N) is 1. The highest BCUT2D eigenvalue weighted by Crippen LogP contribution is 2.25. The Morgan fingerprint density at radius 1 is 1.22 bits per heavy atom. The lowest BCUT2D eigenvalue weighted by Crippen LogP contribution is -2.12. The summed E-state index contributed by atoms with van der Waals surface area (Å²) < 4.78 is 1.79. The summed E-state index contributed by atoms with van der Waals surface area (Å²) in [6.07, 6.45) is 0. The number of benzene rings is 2. The number of amides is 1. The van der Waals surface area contributed by atoms with Crippen molar-refractivity contribution in [3.05, 3.63) is 56.1 Å². The van der Waals surface area contributed by atoms with Gasteiger partial charge in [0.25, 0.3) is 5.91 Å². The maximum Gasteiger partial charge on any atom is 0.255 e. The molecule has 0 bridgehead atoms. The van der Waals surface area contributed by atoms with Gasteiger partial charge in [0.15, 0.2) is 0 Å². The zero-order valence-corrected chi connectivity index (χ0v) is 13.0. The van der Waals surface area contributed by atoms with Crippen molar-refractivity contribution in [3.63, 3.8) is 0 Å². The molecule has 0 saturated carbocycles. The first kappa shape index (κ1) is 13.4. The highest BCUT2D eigenvalue weighted by Gasteiger charge is 2.08. The summed E-state index contributed by atoms with van der Waals surface area (Å²) in [5.74, 6) is -0.140. The summed E-state index contributed by atoms with van der Waals surface area (Å²) in [6.45, 7) is 0. The van der Waals surface area contributed by atoms with Crippen molar-refractivity contribution in [3.8, 4) is 0 Å². The average Bonchev–Trinajstić information content (AvgIpc) is 2.32. The van der Waals surface area contributed by atoms with E-state index in [4.69, 9.17) is 5.73 Å². The molecule has 0 aliphatic rings. The Labute approximate surface area is 127 Å². The summed E-state index contributed by atoms with van der Waals surface area (Å²) in [6, 6.07) is 12.7. The Morgan fingerprint density at radius 3 is 2.67 bits per heavy atom. The fourth-order valence-electron chi connectivity index (χ4n) is 1.46. The molecule has 0 aliphatic heterocycles. The van der Waals surface area contributed by atoms with E-state index in [1.54, 1.807) is 24.3 Å². The molecule has 0 saturated heterocycles. The molecule has 0 unspecified atom stereocenters. The maximum absolute atomic E-state index is 12.0. The molecule has 0 atom stereocenters. The Bertz CT molecular complexity index is 601. The first-order chi connectivity index (χ1) is 8.56. The van der Waals surface area contributed by atoms with E-state index in [9.17, 15) is 4.79 Å². The van der Waals surface area contributed by atoms with Gasteiger partial charge in [0.2, 0.25) is 0 Å². The molecule has 5 heteroatoms. The van der Waals surface area contributed by atoms with Crippen molar-refractivity contribution >= 4 is 55.8 Å². The van der Waals surface area contributed by atoms with E-state index in [1.807, 2.05) is 18.2 Å². The molecule has 0 fully saturated rings. The molecule has 3 N–H and O–H groups in total. The van der Waals surface area contributed by atoms with Gasteiger partial charge in [0.1, 0.15) is 0 Å². The molecule has 18 heavy (non-hydrogen) atoms. The highest BCUT2D eigenvalue weighted by molar-refractivity contribution is 14.1. The van der Waals surface area contributed by atoms with Crippen LogP contribution in [-0.4, -0.2) is 5.91 Å². The first-order valence-corrected chi connectivity index (χ1v) is 7.05. The Hall–Kier alpha value is -1.08. The van der Waals surface area contributed by atoms with Crippen LogP contribution in [0.15, 0.2) is 46.9 Å². The maximum atomic E-state index is 12.0. The molecule has 0 heterocycles. The molecule has 0 spiro atoms. The van der Waals surface area contributed by atoms with Gasteiger partial charge in [0.05, 0.1) is 5.69 Å². The van der Waals surface area contributed by atoms with Crippen LogP contribution < -0.4 is 11.1 Å². The second kappa shape index (κ2) is 5.71. The number of nitrogens with one attached hydrogen (secondary N) is 1. The normalized spacial score (nSPS) is 10.1. The largest absolute Gasteiger partial charge is 0.399 e. The van der Waals surface area contributed by atoms with Crippen LogP contribution in [0.5, 0.6) is 0 Å². The third-order valence-corrected chi connectivity index (χ3v) is 3.66. The fourth-order valence-corrected chi connectivity index (χ4v) is 2.50. The zero-order chi connectivity index (χ0) is 13.1. The number of carbonyl (C=O) groups is 1. The molecule has 0 radical (unpaired) electrons. The molecule has 2 aromatic carbocycles. The van der Waals surface area contributed by atoms with Crippen LogP contribution in [0.2, 0.25) is 0 Å². The van der Waals surface area contributed by atoms with Gasteiger partial charge in [-0.3, -0.25) is 4.79 Å². The predicted molar refractivity (Wildman–Crippen MR) is 85.7 cm³/mol. The predicted octanol–water partition coefficient (Wildman–Crippen LogP) is 3.89. The van der Waals surface area contributed by atoms with Crippen LogP contribution >= 0.6 is 38.5 Å². The second-order valence-electron chi connectivity index (χ2n) is 3.70. The van der Waals surface area contributed by atoms with Crippen LogP contribution in [-0.2, 0) is 0 Å². The highest BCUT2D eigenvalue weighted by atomic mass is 127. The summed E-state index contributed by atoms with van der Waals surface area (Å²) in [4.78, 5) is 12.0. The van der Waals surface area contributed by atoms with E-state index in [1.165, 1.54) is 0 Å². The fraction of sp³-hybridized carbons (Fsp3) is 0. The average molecular weight is 417 g/mol. The van der Waals surface area contributed by atoms with E-state index < -0.39 is 0 Å². The quantitative estimate of drug-likeness (QED) is 0.576. The van der Waals surface area contributed by atoms with Gasteiger partial charge in [0, 0.05) is 19.3 Å². The van der Waals surface area contributed by atoms with Crippen LogP contribution in [0.25, 0.3) is 0 Å². The van der Waals surface area contributed by atoms with Crippen molar-refractivity contribution in [2.75, 3.05) is 11.1 Å². The van der Waals surface area contributed by atoms with E-state index in [0.717, 1.165) is 8.04 Å². The van der Waals surface area contributed by atoms with E-state index in [0.29, 0.717) is 16.9 Å². The zero-order valence-electron chi connectivity index (χ0n) is 9.28. The third kappa shape index (κ3) is 3.23. The van der Waals surface area contributed by atoms with Gasteiger partial charge in [-0.1, -0.05) is 6.07 Å². The van der Waals surface area contributed by atoms with E-state index >= 15 is 0 Å². The monoisotopic (exact) mass is 416 g/mol. The SMILES string of the molecule is Nc1ccc(NC(=O)c2cccc(I)c2)c(Br)c1. The van der Waals surface area contributed by atoms with Gasteiger partial charge in [-0.15, -0.1) is 0 Å². The minimum absolute atomic E-state index is 0.140. The number of anilines is 2. The lowest BCUT2D eigenvalue weighted by Gasteiger charge is -2.08. The van der Waals surface area contributed by atoms with Crippen molar-refractivity contribution in [2.45, 2.75) is 0 Å². The minimum Gasteiger partial charge on any atom is -0.399 e. The molecule has 3 nitrogen and oxygen atoms in total. The first-order valence-electron chi connectivity index (χ1n) is 5.18. The van der Waals surface area contributed by atoms with E-state index in [-0.39, 0.29) is 5.91 Å². The number of halogens is 2. The van der Waals surface area contributed by atoms with Gasteiger partial charge in [-0.2, -0.15) is 0 Å². The summed E-state index contributed by atoms with van der Waals surface area (Å²) in [5.41, 5.74) is 7.63. The molecule has 2 rings (SSSR count). The second-order valence-corrected chi connectivity index (χ2v) is 5.80. The molecule has 2 aromatic rings. The molecule has 0 aliphatic carbocycles. The van der Waals surface area contributed by atoms with Crippen LogP contribution in [0.1, 0.15) is 10.4 Å². The lowest BCUT2D eigenvalue weighted by atomic mass is 10.2. The van der Waals surface area contributed by atoms with E-state index in [2.05, 4.69) is 43.8 Å². The molecular weight excluding hydrogens is 407 g/mol. The molecule has 1 amide bonds. The van der Waals surface area contributed by atoms with Gasteiger partial charge in [-0.05, 0) is 74.9 Å². The Kier molecular flexibility index (Phi) is 4.23. The smallest absolute Gasteiger partial charge is 0.255 e. The number of nitrogen functional groups attached to an aromatic ring is 1. The molecular formula is C13H10BrIN2O. The van der Waals surface area contributed by atoms with Crippen molar-refractivity contribution in [1.29, 1.82) is 0 Å². The number of hydrogen-bond donors (Lipinski definition) is 2. The molecule has 92 valence electrons. The number of carbonyl (C=O) groups excluding carboxylic acids is 1. The minimum atomic E-state index is -0.140. The van der Waals surface area contributed by atoms with Gasteiger partial charge >= 0.3 is 0 Å². The Balaban J connectivity index is 2.21. The Morgan fingerprint density at radius 2 is 2.00 bits per heavy atom. The van der Waals surface area contributed by atoms with Crippen molar-refractivity contribution in [2.24, 2.45) is 0 Å².